The van der Waals surface area contributed by atoms with Gasteiger partial charge in [0.25, 0.3) is 0 Å². The van der Waals surface area contributed by atoms with Crippen molar-refractivity contribution in [2.75, 3.05) is 0 Å². The number of carbonyl (C=O) groups is 1. The minimum absolute atomic E-state index is 0.416. The molecule has 1 aromatic heterocycles. The average molecular weight is 225 g/mol. The van der Waals surface area contributed by atoms with Crippen molar-refractivity contribution in [3.05, 3.63) is 42.1 Å². The molecule has 0 saturated heterocycles. The van der Waals surface area contributed by atoms with E-state index >= 15 is 0 Å². The molecule has 0 atom stereocenters. The molecule has 1 aliphatic rings. The number of fused-ring (bicyclic) bond motifs is 1. The zero-order valence-electron chi connectivity index (χ0n) is 9.73. The lowest BCUT2D eigenvalue weighted by molar-refractivity contribution is -0.120. The molecule has 0 spiro atoms. The monoisotopic (exact) mass is 225 g/mol. The summed E-state index contributed by atoms with van der Waals surface area (Å²) in [5.74, 6) is 0.945. The number of benzene rings is 1. The Labute approximate surface area is 101 Å². The maximum Gasteiger partial charge on any atom is 0.132 e. The average Bonchev–Trinajstić information content (AvgIpc) is 2.39. The van der Waals surface area contributed by atoms with Crippen LogP contribution < -0.4 is 0 Å². The third-order valence-electron chi connectivity index (χ3n) is 3.66. The van der Waals surface area contributed by atoms with E-state index < -0.39 is 0 Å². The fourth-order valence-electron chi connectivity index (χ4n) is 2.73. The molecular formula is C15H15NO. The Kier molecular flexibility index (Phi) is 2.63. The number of ketones is 1. The van der Waals surface area contributed by atoms with Gasteiger partial charge in [0.05, 0.1) is 5.52 Å². The molecule has 3 rings (SSSR count). The fraction of sp³-hybridized carbons (Fsp3) is 0.333. The van der Waals surface area contributed by atoms with Crippen LogP contribution in [0.4, 0.5) is 0 Å². The lowest BCUT2D eigenvalue weighted by Crippen LogP contribution is -2.12. The maximum atomic E-state index is 11.3. The van der Waals surface area contributed by atoms with Crippen molar-refractivity contribution in [1.82, 2.24) is 4.98 Å². The predicted octanol–water partition coefficient (Wildman–Crippen LogP) is 3.46. The second-order valence-electron chi connectivity index (χ2n) is 4.73. The van der Waals surface area contributed by atoms with Crippen LogP contribution in [-0.2, 0) is 4.79 Å². The van der Waals surface area contributed by atoms with Crippen LogP contribution in [0.15, 0.2) is 36.5 Å². The Bertz CT molecular complexity index is 546. The molecule has 1 aliphatic carbocycles. The van der Waals surface area contributed by atoms with Crippen molar-refractivity contribution in [2.45, 2.75) is 31.6 Å². The summed E-state index contributed by atoms with van der Waals surface area (Å²) in [6, 6.07) is 10.4. The van der Waals surface area contributed by atoms with Gasteiger partial charge in [0, 0.05) is 24.4 Å². The van der Waals surface area contributed by atoms with Gasteiger partial charge in [0.1, 0.15) is 5.78 Å². The quantitative estimate of drug-likeness (QED) is 0.744. The lowest BCUT2D eigenvalue weighted by Gasteiger charge is -2.22. The number of pyridine rings is 1. The highest BCUT2D eigenvalue weighted by Crippen LogP contribution is 2.34. The number of rotatable bonds is 1. The third kappa shape index (κ3) is 1.95. The van der Waals surface area contributed by atoms with Gasteiger partial charge >= 0.3 is 0 Å². The Morgan fingerprint density at radius 1 is 1.06 bits per heavy atom. The molecule has 86 valence electrons. The molecule has 0 amide bonds. The number of Topliss-reactive ketones (excluding diaryl/α,β-unsaturated/α-hetero) is 1. The normalized spacial score (nSPS) is 17.5. The zero-order valence-corrected chi connectivity index (χ0v) is 9.73. The molecule has 0 N–H and O–H groups in total. The molecule has 2 nitrogen and oxygen atoms in total. The highest BCUT2D eigenvalue weighted by atomic mass is 16.1. The van der Waals surface area contributed by atoms with Gasteiger partial charge in [-0.2, -0.15) is 0 Å². The molecule has 0 bridgehead atoms. The van der Waals surface area contributed by atoms with Crippen molar-refractivity contribution in [3.8, 4) is 0 Å². The van der Waals surface area contributed by atoms with Crippen molar-refractivity contribution in [2.24, 2.45) is 0 Å². The highest BCUT2D eigenvalue weighted by molar-refractivity contribution is 5.83. The first-order valence-corrected chi connectivity index (χ1v) is 6.20. The van der Waals surface area contributed by atoms with Crippen LogP contribution in [0.25, 0.3) is 10.9 Å². The highest BCUT2D eigenvalue weighted by Gasteiger charge is 2.21. The Morgan fingerprint density at radius 3 is 2.71 bits per heavy atom. The molecule has 0 unspecified atom stereocenters. The van der Waals surface area contributed by atoms with Crippen LogP contribution in [-0.4, -0.2) is 10.8 Å². The molecule has 17 heavy (non-hydrogen) atoms. The Balaban J connectivity index is 2.02. The summed E-state index contributed by atoms with van der Waals surface area (Å²) in [6.07, 6.45) is 5.29. The van der Waals surface area contributed by atoms with Crippen LogP contribution in [0.1, 0.15) is 37.2 Å². The first-order chi connectivity index (χ1) is 8.34. The second kappa shape index (κ2) is 4.28. The standard InChI is InChI=1S/C15H15NO/c17-12-8-6-11(7-9-12)13-3-1-5-15-14(13)4-2-10-16-15/h1-5,10-11H,6-9H2. The molecule has 1 fully saturated rings. The Morgan fingerprint density at radius 2 is 1.88 bits per heavy atom. The number of hydrogen-bond acceptors (Lipinski definition) is 2. The molecule has 0 aliphatic heterocycles. The summed E-state index contributed by atoms with van der Waals surface area (Å²) in [6.45, 7) is 0. The zero-order chi connectivity index (χ0) is 11.7. The van der Waals surface area contributed by atoms with Gasteiger partial charge in [0.2, 0.25) is 0 Å². The van der Waals surface area contributed by atoms with Crippen molar-refractivity contribution >= 4 is 16.7 Å². The van der Waals surface area contributed by atoms with E-state index in [1.165, 1.54) is 10.9 Å². The second-order valence-corrected chi connectivity index (χ2v) is 4.73. The van der Waals surface area contributed by atoms with Gasteiger partial charge in [-0.1, -0.05) is 18.2 Å². The van der Waals surface area contributed by atoms with Gasteiger partial charge in [-0.3, -0.25) is 9.78 Å². The van der Waals surface area contributed by atoms with Crippen LogP contribution in [0.3, 0.4) is 0 Å². The van der Waals surface area contributed by atoms with E-state index in [4.69, 9.17) is 0 Å². The van der Waals surface area contributed by atoms with Gasteiger partial charge in [-0.15, -0.1) is 0 Å². The first kappa shape index (κ1) is 10.5. The van der Waals surface area contributed by atoms with E-state index in [0.717, 1.165) is 31.2 Å². The van der Waals surface area contributed by atoms with E-state index in [9.17, 15) is 4.79 Å². The first-order valence-electron chi connectivity index (χ1n) is 6.20. The van der Waals surface area contributed by atoms with Crippen LogP contribution >= 0.6 is 0 Å². The van der Waals surface area contributed by atoms with Crippen LogP contribution in [0.2, 0.25) is 0 Å². The van der Waals surface area contributed by atoms with Gasteiger partial charge in [-0.25, -0.2) is 0 Å². The predicted molar refractivity (Wildman–Crippen MR) is 68.0 cm³/mol. The van der Waals surface area contributed by atoms with E-state index in [-0.39, 0.29) is 0 Å². The summed E-state index contributed by atoms with van der Waals surface area (Å²) in [4.78, 5) is 15.7. The minimum Gasteiger partial charge on any atom is -0.300 e. The smallest absolute Gasteiger partial charge is 0.132 e. The molecule has 2 heteroatoms. The molecule has 1 aromatic carbocycles. The minimum atomic E-state index is 0.416. The number of hydrogen-bond donors (Lipinski definition) is 0. The van der Waals surface area contributed by atoms with Crippen LogP contribution in [0.5, 0.6) is 0 Å². The van der Waals surface area contributed by atoms with Crippen molar-refractivity contribution in [1.29, 1.82) is 0 Å². The maximum absolute atomic E-state index is 11.3. The van der Waals surface area contributed by atoms with Gasteiger partial charge < -0.3 is 0 Å². The number of nitrogens with zero attached hydrogens (tertiary/aromatic N) is 1. The molecule has 1 heterocycles. The lowest BCUT2D eigenvalue weighted by atomic mass is 9.82. The van der Waals surface area contributed by atoms with Gasteiger partial charge in [0.15, 0.2) is 0 Å². The van der Waals surface area contributed by atoms with Crippen LogP contribution in [0, 0.1) is 0 Å². The Hall–Kier alpha value is -1.70. The van der Waals surface area contributed by atoms with E-state index in [1.54, 1.807) is 0 Å². The number of aromatic nitrogens is 1. The molecule has 0 radical (unpaired) electrons. The summed E-state index contributed by atoms with van der Waals surface area (Å²) < 4.78 is 0. The topological polar surface area (TPSA) is 30.0 Å². The van der Waals surface area contributed by atoms with E-state index in [0.29, 0.717) is 11.7 Å². The van der Waals surface area contributed by atoms with Crippen molar-refractivity contribution in [3.63, 3.8) is 0 Å². The number of carbonyl (C=O) groups excluding carboxylic acids is 1. The van der Waals surface area contributed by atoms with Gasteiger partial charge in [-0.05, 0) is 36.5 Å². The molecular weight excluding hydrogens is 210 g/mol. The third-order valence-corrected chi connectivity index (χ3v) is 3.66. The SMILES string of the molecule is O=C1CCC(c2cccc3ncccc23)CC1. The summed E-state index contributed by atoms with van der Waals surface area (Å²) >= 11 is 0. The molecule has 1 saturated carbocycles. The summed E-state index contributed by atoms with van der Waals surface area (Å²) in [7, 11) is 0. The molecule has 2 aromatic rings. The summed E-state index contributed by atoms with van der Waals surface area (Å²) in [5, 5.41) is 1.24. The van der Waals surface area contributed by atoms with Crippen molar-refractivity contribution < 1.29 is 4.79 Å². The summed E-state index contributed by atoms with van der Waals surface area (Å²) in [5.41, 5.74) is 2.42. The largest absolute Gasteiger partial charge is 0.300 e. The van der Waals surface area contributed by atoms with E-state index in [1.807, 2.05) is 18.3 Å². The fourth-order valence-corrected chi connectivity index (χ4v) is 2.73. The van der Waals surface area contributed by atoms with E-state index in [2.05, 4.69) is 23.2 Å².